The van der Waals surface area contributed by atoms with E-state index in [1.54, 1.807) is 12.1 Å². The Morgan fingerprint density at radius 1 is 1.12 bits per heavy atom. The number of nitrogens with one attached hydrogen (secondary N) is 2. The highest BCUT2D eigenvalue weighted by Gasteiger charge is 2.30. The van der Waals surface area contributed by atoms with Gasteiger partial charge >= 0.3 is 6.18 Å². The minimum absolute atomic E-state index is 0.0894. The number of pyridine rings is 1. The molecular weight excluding hydrogens is 347 g/mol. The lowest BCUT2D eigenvalue weighted by atomic mass is 9.99. The molecule has 2 heterocycles. The van der Waals surface area contributed by atoms with Crippen LogP contribution in [0.1, 0.15) is 18.4 Å². The minimum Gasteiger partial charge on any atom is -0.381 e. The molecule has 2 N–H and O–H groups in total. The number of amides is 1. The normalized spacial score (nSPS) is 15.5. The van der Waals surface area contributed by atoms with Gasteiger partial charge in [0.15, 0.2) is 0 Å². The molecule has 0 bridgehead atoms. The quantitative estimate of drug-likeness (QED) is 0.852. The largest absolute Gasteiger partial charge is 0.416 e. The fourth-order valence-corrected chi connectivity index (χ4v) is 2.67. The lowest BCUT2D eigenvalue weighted by Gasteiger charge is -2.20. The summed E-state index contributed by atoms with van der Waals surface area (Å²) in [6.07, 6.45) is -1.57. The fourth-order valence-electron chi connectivity index (χ4n) is 2.67. The van der Waals surface area contributed by atoms with Gasteiger partial charge < -0.3 is 15.4 Å². The van der Waals surface area contributed by atoms with Gasteiger partial charge in [-0.1, -0.05) is 6.07 Å². The van der Waals surface area contributed by atoms with Crippen molar-refractivity contribution in [2.24, 2.45) is 5.92 Å². The number of nitrogens with zero attached hydrogens (tertiary/aromatic N) is 1. The molecule has 1 fully saturated rings. The molecule has 1 aliphatic rings. The van der Waals surface area contributed by atoms with Crippen molar-refractivity contribution in [2.75, 3.05) is 23.8 Å². The molecule has 0 aliphatic carbocycles. The summed E-state index contributed by atoms with van der Waals surface area (Å²) in [5.74, 6) is 0.212. The second kappa shape index (κ2) is 7.74. The van der Waals surface area contributed by atoms with E-state index in [0.29, 0.717) is 43.2 Å². The molecule has 1 aromatic carbocycles. The molecule has 1 aromatic heterocycles. The molecule has 26 heavy (non-hydrogen) atoms. The van der Waals surface area contributed by atoms with Gasteiger partial charge in [-0.05, 0) is 43.2 Å². The summed E-state index contributed by atoms with van der Waals surface area (Å²) < 4.78 is 43.5. The first-order chi connectivity index (χ1) is 12.4. The number of aromatic nitrogens is 1. The number of hydrogen-bond donors (Lipinski definition) is 2. The number of carbonyl (C=O) groups is 1. The molecule has 0 atom stereocenters. The lowest BCUT2D eigenvalue weighted by Crippen LogP contribution is -2.28. The minimum atomic E-state index is -4.39. The number of carbonyl (C=O) groups excluding carboxylic acids is 1. The molecule has 0 unspecified atom stereocenters. The third kappa shape index (κ3) is 4.72. The fraction of sp³-hybridized carbons (Fsp3) is 0.333. The number of ether oxygens (including phenoxy) is 1. The highest BCUT2D eigenvalue weighted by Crippen LogP contribution is 2.31. The van der Waals surface area contributed by atoms with Gasteiger partial charge in [0.05, 0.1) is 17.4 Å². The molecule has 2 aromatic rings. The number of halogens is 3. The number of benzene rings is 1. The zero-order valence-corrected chi connectivity index (χ0v) is 13.8. The van der Waals surface area contributed by atoms with Crippen LogP contribution in [0.25, 0.3) is 0 Å². The van der Waals surface area contributed by atoms with E-state index in [-0.39, 0.29) is 11.8 Å². The van der Waals surface area contributed by atoms with Crippen LogP contribution in [0.3, 0.4) is 0 Å². The van der Waals surface area contributed by atoms with Crippen molar-refractivity contribution in [1.29, 1.82) is 0 Å². The standard InChI is InChI=1S/C18H18F3N3O2/c19-18(20,21)13-2-1-3-14(10-13)23-15-4-5-16(22-11-15)24-17(25)12-6-8-26-9-7-12/h1-5,10-12,23H,6-9H2,(H,22,24,25). The van der Waals surface area contributed by atoms with Gasteiger partial charge in [0.1, 0.15) is 5.82 Å². The third-order valence-electron chi connectivity index (χ3n) is 4.09. The van der Waals surface area contributed by atoms with Gasteiger partial charge in [-0.15, -0.1) is 0 Å². The van der Waals surface area contributed by atoms with E-state index in [9.17, 15) is 18.0 Å². The van der Waals surface area contributed by atoms with E-state index >= 15 is 0 Å². The molecule has 0 radical (unpaired) electrons. The van der Waals surface area contributed by atoms with Crippen molar-refractivity contribution in [3.8, 4) is 0 Å². The molecule has 0 spiro atoms. The van der Waals surface area contributed by atoms with Crippen LogP contribution in [-0.2, 0) is 15.7 Å². The van der Waals surface area contributed by atoms with Crippen molar-refractivity contribution in [3.05, 3.63) is 48.2 Å². The summed E-state index contributed by atoms with van der Waals surface area (Å²) in [5, 5.41) is 5.62. The predicted octanol–water partition coefficient (Wildman–Crippen LogP) is 4.21. The highest BCUT2D eigenvalue weighted by molar-refractivity contribution is 5.91. The topological polar surface area (TPSA) is 63.2 Å². The summed E-state index contributed by atoms with van der Waals surface area (Å²) in [6, 6.07) is 8.16. The maximum atomic E-state index is 12.7. The average Bonchev–Trinajstić information content (AvgIpc) is 2.63. The maximum Gasteiger partial charge on any atom is 0.416 e. The van der Waals surface area contributed by atoms with Gasteiger partial charge in [-0.2, -0.15) is 13.2 Å². The van der Waals surface area contributed by atoms with E-state index in [1.165, 1.54) is 18.3 Å². The molecular formula is C18H18F3N3O2. The Kier molecular flexibility index (Phi) is 5.41. The monoisotopic (exact) mass is 365 g/mol. The molecule has 0 saturated carbocycles. The zero-order chi connectivity index (χ0) is 18.6. The average molecular weight is 365 g/mol. The van der Waals surface area contributed by atoms with Crippen LogP contribution in [-0.4, -0.2) is 24.1 Å². The van der Waals surface area contributed by atoms with E-state index in [2.05, 4.69) is 15.6 Å². The Bertz CT molecular complexity index is 757. The Morgan fingerprint density at radius 3 is 2.54 bits per heavy atom. The van der Waals surface area contributed by atoms with E-state index < -0.39 is 11.7 Å². The van der Waals surface area contributed by atoms with Crippen molar-refractivity contribution < 1.29 is 22.7 Å². The number of alkyl halides is 3. The number of rotatable bonds is 4. The smallest absolute Gasteiger partial charge is 0.381 e. The van der Waals surface area contributed by atoms with Crippen LogP contribution in [0.2, 0.25) is 0 Å². The highest BCUT2D eigenvalue weighted by atomic mass is 19.4. The summed E-state index contributed by atoms with van der Waals surface area (Å²) in [7, 11) is 0. The summed E-state index contributed by atoms with van der Waals surface area (Å²) in [4.78, 5) is 16.3. The number of anilines is 3. The second-order valence-corrected chi connectivity index (χ2v) is 6.01. The molecule has 3 rings (SSSR count). The molecule has 1 aliphatic heterocycles. The zero-order valence-electron chi connectivity index (χ0n) is 13.8. The van der Waals surface area contributed by atoms with E-state index in [1.807, 2.05) is 0 Å². The Labute approximate surface area is 148 Å². The second-order valence-electron chi connectivity index (χ2n) is 6.01. The molecule has 1 amide bonds. The van der Waals surface area contributed by atoms with Crippen LogP contribution in [0.15, 0.2) is 42.6 Å². The first kappa shape index (κ1) is 18.2. The molecule has 5 nitrogen and oxygen atoms in total. The first-order valence-electron chi connectivity index (χ1n) is 8.21. The van der Waals surface area contributed by atoms with Crippen molar-refractivity contribution in [2.45, 2.75) is 19.0 Å². The van der Waals surface area contributed by atoms with Gasteiger partial charge in [0.2, 0.25) is 5.91 Å². The summed E-state index contributed by atoms with van der Waals surface area (Å²) in [5.41, 5.74) is 0.102. The van der Waals surface area contributed by atoms with Crippen LogP contribution >= 0.6 is 0 Å². The van der Waals surface area contributed by atoms with Crippen LogP contribution in [0.5, 0.6) is 0 Å². The van der Waals surface area contributed by atoms with Crippen LogP contribution in [0, 0.1) is 5.92 Å². The van der Waals surface area contributed by atoms with Gasteiger partial charge in [0, 0.05) is 24.8 Å². The Hall–Kier alpha value is -2.61. The van der Waals surface area contributed by atoms with Gasteiger partial charge in [-0.3, -0.25) is 4.79 Å². The predicted molar refractivity (Wildman–Crippen MR) is 91.1 cm³/mol. The molecule has 138 valence electrons. The van der Waals surface area contributed by atoms with Crippen LogP contribution in [0.4, 0.5) is 30.4 Å². The Morgan fingerprint density at radius 2 is 1.88 bits per heavy atom. The molecule has 8 heteroatoms. The van der Waals surface area contributed by atoms with Gasteiger partial charge in [-0.25, -0.2) is 4.98 Å². The maximum absolute atomic E-state index is 12.7. The van der Waals surface area contributed by atoms with E-state index in [4.69, 9.17) is 4.74 Å². The first-order valence-corrected chi connectivity index (χ1v) is 8.21. The summed E-state index contributed by atoms with van der Waals surface area (Å²) >= 11 is 0. The summed E-state index contributed by atoms with van der Waals surface area (Å²) in [6.45, 7) is 1.15. The third-order valence-corrected chi connectivity index (χ3v) is 4.09. The van der Waals surface area contributed by atoms with Crippen molar-refractivity contribution >= 4 is 23.1 Å². The van der Waals surface area contributed by atoms with Crippen molar-refractivity contribution in [1.82, 2.24) is 4.98 Å². The lowest BCUT2D eigenvalue weighted by molar-refractivity contribution is -0.137. The van der Waals surface area contributed by atoms with Gasteiger partial charge in [0.25, 0.3) is 0 Å². The number of hydrogen-bond acceptors (Lipinski definition) is 4. The van der Waals surface area contributed by atoms with Crippen LogP contribution < -0.4 is 10.6 Å². The Balaban J connectivity index is 1.62. The SMILES string of the molecule is O=C(Nc1ccc(Nc2cccc(C(F)(F)F)c2)cn1)C1CCOCC1. The molecule has 1 saturated heterocycles. The van der Waals surface area contributed by atoms with E-state index in [0.717, 1.165) is 12.1 Å². The van der Waals surface area contributed by atoms with Crippen molar-refractivity contribution in [3.63, 3.8) is 0 Å².